The Morgan fingerprint density at radius 3 is 2.68 bits per heavy atom. The SMILES string of the molecule is Cc1ncc(-c2ccc3nnc(CC(=O)N4CCC(N(C)C)CC4)cc3c2)o1. The Balaban J connectivity index is 1.49. The van der Waals surface area contributed by atoms with Crippen molar-refractivity contribution in [3.8, 4) is 11.3 Å². The third kappa shape index (κ3) is 3.89. The Morgan fingerprint density at radius 1 is 1.21 bits per heavy atom. The second kappa shape index (κ2) is 7.67. The predicted octanol–water partition coefficient (Wildman–Crippen LogP) is 2.69. The Kier molecular flexibility index (Phi) is 5.09. The summed E-state index contributed by atoms with van der Waals surface area (Å²) in [6, 6.07) is 8.35. The van der Waals surface area contributed by atoms with E-state index in [1.54, 1.807) is 6.20 Å². The molecule has 2 aromatic heterocycles. The maximum atomic E-state index is 12.7. The van der Waals surface area contributed by atoms with Crippen LogP contribution in [0.4, 0.5) is 0 Å². The van der Waals surface area contributed by atoms with Crippen LogP contribution in [-0.4, -0.2) is 64.1 Å². The maximum Gasteiger partial charge on any atom is 0.228 e. The number of carbonyl (C=O) groups is 1. The molecule has 28 heavy (non-hydrogen) atoms. The molecule has 0 N–H and O–H groups in total. The molecular formula is C21H25N5O2. The quantitative estimate of drug-likeness (QED) is 0.694. The summed E-state index contributed by atoms with van der Waals surface area (Å²) in [7, 11) is 4.20. The third-order valence-corrected chi connectivity index (χ3v) is 5.42. The number of hydrogen-bond acceptors (Lipinski definition) is 6. The molecule has 7 heteroatoms. The summed E-state index contributed by atoms with van der Waals surface area (Å²) in [6.45, 7) is 3.43. The van der Waals surface area contributed by atoms with Crippen molar-refractivity contribution >= 4 is 16.8 Å². The van der Waals surface area contributed by atoms with Crippen molar-refractivity contribution in [3.05, 3.63) is 42.0 Å². The Bertz CT molecular complexity index is 989. The summed E-state index contributed by atoms with van der Waals surface area (Å²) < 4.78 is 5.61. The van der Waals surface area contributed by atoms with Crippen LogP contribution in [0.15, 0.2) is 34.9 Å². The lowest BCUT2D eigenvalue weighted by Crippen LogP contribution is -2.45. The van der Waals surface area contributed by atoms with E-state index in [1.165, 1.54) is 0 Å². The minimum atomic E-state index is 0.118. The fourth-order valence-corrected chi connectivity index (χ4v) is 3.72. The van der Waals surface area contributed by atoms with Crippen molar-refractivity contribution < 1.29 is 9.21 Å². The Morgan fingerprint density at radius 2 is 2.00 bits per heavy atom. The van der Waals surface area contributed by atoms with E-state index in [0.717, 1.165) is 48.2 Å². The number of fused-ring (bicyclic) bond motifs is 1. The molecule has 0 radical (unpaired) electrons. The van der Waals surface area contributed by atoms with Crippen LogP contribution in [0, 0.1) is 6.92 Å². The molecule has 0 spiro atoms. The van der Waals surface area contributed by atoms with Crippen LogP contribution in [0.2, 0.25) is 0 Å². The predicted molar refractivity (Wildman–Crippen MR) is 107 cm³/mol. The lowest BCUT2D eigenvalue weighted by Gasteiger charge is -2.35. The van der Waals surface area contributed by atoms with Crippen LogP contribution in [-0.2, 0) is 11.2 Å². The van der Waals surface area contributed by atoms with Crippen molar-refractivity contribution in [2.45, 2.75) is 32.2 Å². The minimum absolute atomic E-state index is 0.118. The summed E-state index contributed by atoms with van der Waals surface area (Å²) in [4.78, 5) is 21.0. The number of piperidine rings is 1. The van der Waals surface area contributed by atoms with Gasteiger partial charge >= 0.3 is 0 Å². The van der Waals surface area contributed by atoms with E-state index in [9.17, 15) is 4.79 Å². The van der Waals surface area contributed by atoms with Crippen molar-refractivity contribution in [2.24, 2.45) is 0 Å². The van der Waals surface area contributed by atoms with Crippen LogP contribution < -0.4 is 0 Å². The third-order valence-electron chi connectivity index (χ3n) is 5.42. The zero-order chi connectivity index (χ0) is 19.7. The van der Waals surface area contributed by atoms with Gasteiger partial charge in [0.1, 0.15) is 0 Å². The standard InChI is InChI=1S/C21H25N5O2/c1-14-22-13-20(28-14)15-4-5-19-16(10-15)11-17(23-24-19)12-21(27)26-8-6-18(7-9-26)25(2)3/h4-5,10-11,13,18H,6-9,12H2,1-3H3. The van der Waals surface area contributed by atoms with Crippen LogP contribution >= 0.6 is 0 Å². The number of nitrogens with zero attached hydrogens (tertiary/aromatic N) is 5. The molecule has 146 valence electrons. The Labute approximate surface area is 164 Å². The van der Waals surface area contributed by atoms with Gasteiger partial charge in [-0.2, -0.15) is 10.2 Å². The topological polar surface area (TPSA) is 75.4 Å². The van der Waals surface area contributed by atoms with Gasteiger partial charge in [0.2, 0.25) is 5.91 Å². The van der Waals surface area contributed by atoms with Gasteiger partial charge in [0.05, 0.1) is 23.8 Å². The lowest BCUT2D eigenvalue weighted by atomic mass is 10.0. The van der Waals surface area contributed by atoms with Gasteiger partial charge in [-0.3, -0.25) is 4.79 Å². The molecule has 3 aromatic rings. The summed E-state index contributed by atoms with van der Waals surface area (Å²) in [5, 5.41) is 9.47. The highest BCUT2D eigenvalue weighted by Gasteiger charge is 2.24. The first-order valence-electron chi connectivity index (χ1n) is 9.63. The minimum Gasteiger partial charge on any atom is -0.441 e. The summed E-state index contributed by atoms with van der Waals surface area (Å²) in [5.74, 6) is 1.47. The fraction of sp³-hybridized carbons (Fsp3) is 0.429. The summed E-state index contributed by atoms with van der Waals surface area (Å²) in [5.41, 5.74) is 2.42. The normalized spacial score (nSPS) is 15.5. The molecule has 0 bridgehead atoms. The van der Waals surface area contributed by atoms with Gasteiger partial charge in [-0.25, -0.2) is 4.98 Å². The monoisotopic (exact) mass is 379 g/mol. The number of amides is 1. The van der Waals surface area contributed by atoms with Crippen LogP contribution in [0.1, 0.15) is 24.4 Å². The number of oxazole rings is 1. The highest BCUT2D eigenvalue weighted by Crippen LogP contribution is 2.24. The number of carbonyl (C=O) groups excluding carboxylic acids is 1. The van der Waals surface area contributed by atoms with E-state index in [1.807, 2.05) is 36.1 Å². The molecule has 1 aromatic carbocycles. The van der Waals surface area contributed by atoms with Gasteiger partial charge < -0.3 is 14.2 Å². The van der Waals surface area contributed by atoms with E-state index < -0.39 is 0 Å². The summed E-state index contributed by atoms with van der Waals surface area (Å²) >= 11 is 0. The van der Waals surface area contributed by atoms with E-state index in [0.29, 0.717) is 17.6 Å². The van der Waals surface area contributed by atoms with Gasteiger partial charge in [-0.1, -0.05) is 0 Å². The van der Waals surface area contributed by atoms with Gasteiger partial charge in [-0.15, -0.1) is 0 Å². The van der Waals surface area contributed by atoms with Gasteiger partial charge in [0.15, 0.2) is 11.7 Å². The van der Waals surface area contributed by atoms with Gasteiger partial charge in [-0.05, 0) is 51.2 Å². The average molecular weight is 379 g/mol. The van der Waals surface area contributed by atoms with E-state index in [-0.39, 0.29) is 12.3 Å². The highest BCUT2D eigenvalue weighted by atomic mass is 16.4. The van der Waals surface area contributed by atoms with Crippen molar-refractivity contribution in [3.63, 3.8) is 0 Å². The molecule has 1 fully saturated rings. The molecule has 7 nitrogen and oxygen atoms in total. The van der Waals surface area contributed by atoms with Crippen LogP contribution in [0.5, 0.6) is 0 Å². The second-order valence-corrected chi connectivity index (χ2v) is 7.61. The molecule has 1 saturated heterocycles. The first-order valence-corrected chi connectivity index (χ1v) is 9.63. The first-order chi connectivity index (χ1) is 13.5. The zero-order valence-electron chi connectivity index (χ0n) is 16.6. The van der Waals surface area contributed by atoms with Crippen molar-refractivity contribution in [1.29, 1.82) is 0 Å². The van der Waals surface area contributed by atoms with Crippen molar-refractivity contribution in [1.82, 2.24) is 25.0 Å². The fourth-order valence-electron chi connectivity index (χ4n) is 3.72. The van der Waals surface area contributed by atoms with Crippen molar-refractivity contribution in [2.75, 3.05) is 27.2 Å². The molecule has 3 heterocycles. The largest absolute Gasteiger partial charge is 0.441 e. The van der Waals surface area contributed by atoms with Crippen LogP contribution in [0.3, 0.4) is 0 Å². The summed E-state index contributed by atoms with van der Waals surface area (Å²) in [6.07, 6.45) is 4.03. The molecule has 0 atom stereocenters. The number of benzene rings is 1. The molecule has 1 aliphatic rings. The Hall–Kier alpha value is -2.80. The number of rotatable bonds is 4. The molecule has 1 aliphatic heterocycles. The molecule has 0 saturated carbocycles. The smallest absolute Gasteiger partial charge is 0.228 e. The van der Waals surface area contributed by atoms with E-state index in [2.05, 4.69) is 34.2 Å². The van der Waals surface area contributed by atoms with E-state index in [4.69, 9.17) is 4.42 Å². The zero-order valence-corrected chi connectivity index (χ0v) is 16.6. The van der Waals surface area contributed by atoms with Crippen LogP contribution in [0.25, 0.3) is 22.2 Å². The lowest BCUT2D eigenvalue weighted by molar-refractivity contribution is -0.132. The first kappa shape index (κ1) is 18.6. The second-order valence-electron chi connectivity index (χ2n) is 7.61. The highest BCUT2D eigenvalue weighted by molar-refractivity contribution is 5.85. The van der Waals surface area contributed by atoms with E-state index >= 15 is 0 Å². The number of hydrogen-bond donors (Lipinski definition) is 0. The molecular weight excluding hydrogens is 354 g/mol. The molecule has 0 unspecified atom stereocenters. The number of aryl methyl sites for hydroxylation is 1. The van der Waals surface area contributed by atoms with Gasteiger partial charge in [0.25, 0.3) is 0 Å². The molecule has 4 rings (SSSR count). The number of likely N-dealkylation sites (tertiary alicyclic amines) is 1. The molecule has 1 amide bonds. The molecule has 0 aliphatic carbocycles. The van der Waals surface area contributed by atoms with Gasteiger partial charge in [0, 0.05) is 37.0 Å². The number of aromatic nitrogens is 3. The maximum absolute atomic E-state index is 12.7. The average Bonchev–Trinajstić information content (AvgIpc) is 3.14.